The highest BCUT2D eigenvalue weighted by atomic mass is 19.4. The van der Waals surface area contributed by atoms with E-state index in [1.807, 2.05) is 31.2 Å². The lowest BCUT2D eigenvalue weighted by atomic mass is 10.1. The average molecular weight is 327 g/mol. The third-order valence-electron chi connectivity index (χ3n) is 3.45. The van der Waals surface area contributed by atoms with E-state index in [4.69, 9.17) is 5.11 Å². The number of halogens is 3. The van der Waals surface area contributed by atoms with E-state index in [-0.39, 0.29) is 19.7 Å². The summed E-state index contributed by atoms with van der Waals surface area (Å²) in [6.07, 6.45) is -2.42. The van der Waals surface area contributed by atoms with Gasteiger partial charge in [-0.3, -0.25) is 10.00 Å². The molecule has 0 bridgehead atoms. The predicted molar refractivity (Wildman–Crippen MR) is 81.8 cm³/mol. The maximum absolute atomic E-state index is 12.7. The molecule has 0 aliphatic heterocycles. The van der Waals surface area contributed by atoms with Crippen LogP contribution >= 0.6 is 0 Å². The number of hydrogen-bond donors (Lipinski definition) is 2. The number of H-pyrrole nitrogens is 1. The van der Waals surface area contributed by atoms with E-state index >= 15 is 0 Å². The van der Waals surface area contributed by atoms with Crippen molar-refractivity contribution >= 4 is 0 Å². The normalized spacial score (nSPS) is 12.1. The number of rotatable bonds is 7. The maximum atomic E-state index is 12.7. The largest absolute Gasteiger partial charge is 0.401 e. The molecule has 2 aromatic rings. The zero-order valence-electron chi connectivity index (χ0n) is 12.9. The van der Waals surface area contributed by atoms with Crippen LogP contribution in [0.15, 0.2) is 30.5 Å². The molecule has 23 heavy (non-hydrogen) atoms. The number of hydrogen-bond acceptors (Lipinski definition) is 3. The van der Waals surface area contributed by atoms with Crippen LogP contribution in [0.3, 0.4) is 0 Å². The van der Waals surface area contributed by atoms with E-state index in [1.165, 1.54) is 4.90 Å². The van der Waals surface area contributed by atoms with Crippen molar-refractivity contribution in [1.82, 2.24) is 15.1 Å². The first-order valence-corrected chi connectivity index (χ1v) is 7.38. The van der Waals surface area contributed by atoms with Crippen molar-refractivity contribution < 1.29 is 18.3 Å². The van der Waals surface area contributed by atoms with Gasteiger partial charge in [-0.05, 0) is 19.4 Å². The molecule has 2 rings (SSSR count). The van der Waals surface area contributed by atoms with Crippen molar-refractivity contribution in [1.29, 1.82) is 0 Å². The van der Waals surface area contributed by atoms with Crippen LogP contribution in [0.5, 0.6) is 0 Å². The lowest BCUT2D eigenvalue weighted by molar-refractivity contribution is -0.147. The molecular weight excluding hydrogens is 307 g/mol. The van der Waals surface area contributed by atoms with E-state index in [9.17, 15) is 13.2 Å². The van der Waals surface area contributed by atoms with Gasteiger partial charge in [0, 0.05) is 30.8 Å². The standard InChI is InChI=1S/C16H20F3N3O/c1-12-4-2-5-13(8-12)15-14(9-20-21-15)10-22(6-3-7-23)11-16(17,18)19/h2,4-5,8-9,23H,3,6-7,10-11H2,1H3,(H,20,21). The fraction of sp³-hybridized carbons (Fsp3) is 0.438. The molecule has 1 heterocycles. The summed E-state index contributed by atoms with van der Waals surface area (Å²) in [6.45, 7) is 1.11. The molecule has 0 aliphatic rings. The molecule has 0 amide bonds. The number of nitrogens with one attached hydrogen (secondary N) is 1. The number of aromatic nitrogens is 2. The third kappa shape index (κ3) is 5.37. The zero-order valence-corrected chi connectivity index (χ0v) is 12.9. The van der Waals surface area contributed by atoms with Crippen LogP contribution in [0.2, 0.25) is 0 Å². The molecule has 0 saturated carbocycles. The van der Waals surface area contributed by atoms with Crippen LogP contribution in [0.4, 0.5) is 13.2 Å². The fourth-order valence-electron chi connectivity index (χ4n) is 2.48. The van der Waals surface area contributed by atoms with Crippen LogP contribution in [-0.2, 0) is 6.54 Å². The Labute approximate surface area is 132 Å². The Bertz CT molecular complexity index is 625. The molecule has 1 aromatic carbocycles. The van der Waals surface area contributed by atoms with Gasteiger partial charge in [-0.15, -0.1) is 0 Å². The van der Waals surface area contributed by atoms with Crippen molar-refractivity contribution in [3.05, 3.63) is 41.6 Å². The van der Waals surface area contributed by atoms with Gasteiger partial charge in [-0.25, -0.2) is 0 Å². The lowest BCUT2D eigenvalue weighted by Crippen LogP contribution is -2.34. The Kier molecular flexibility index (Phi) is 5.79. The van der Waals surface area contributed by atoms with Gasteiger partial charge in [-0.1, -0.05) is 23.8 Å². The number of aliphatic hydroxyl groups is 1. The first-order valence-electron chi connectivity index (χ1n) is 7.38. The molecular formula is C16H20F3N3O. The van der Waals surface area contributed by atoms with Crippen molar-refractivity contribution in [2.45, 2.75) is 26.1 Å². The highest BCUT2D eigenvalue weighted by Crippen LogP contribution is 2.25. The van der Waals surface area contributed by atoms with Gasteiger partial charge >= 0.3 is 6.18 Å². The first-order chi connectivity index (χ1) is 10.9. The zero-order chi connectivity index (χ0) is 16.9. The Morgan fingerprint density at radius 2 is 2.09 bits per heavy atom. The number of aliphatic hydroxyl groups excluding tert-OH is 1. The molecule has 2 N–H and O–H groups in total. The van der Waals surface area contributed by atoms with Crippen LogP contribution < -0.4 is 0 Å². The third-order valence-corrected chi connectivity index (χ3v) is 3.45. The molecule has 0 saturated heterocycles. The Morgan fingerprint density at radius 3 is 2.74 bits per heavy atom. The first kappa shape index (κ1) is 17.5. The summed E-state index contributed by atoms with van der Waals surface area (Å²) in [6, 6.07) is 7.70. The van der Waals surface area contributed by atoms with Crippen molar-refractivity contribution in [3.63, 3.8) is 0 Å². The van der Waals surface area contributed by atoms with Gasteiger partial charge < -0.3 is 5.11 Å². The van der Waals surface area contributed by atoms with Gasteiger partial charge in [0.25, 0.3) is 0 Å². The Morgan fingerprint density at radius 1 is 1.30 bits per heavy atom. The van der Waals surface area contributed by atoms with Crippen LogP contribution in [-0.4, -0.2) is 46.1 Å². The van der Waals surface area contributed by atoms with E-state index in [0.29, 0.717) is 12.0 Å². The van der Waals surface area contributed by atoms with Crippen LogP contribution in [0, 0.1) is 6.92 Å². The van der Waals surface area contributed by atoms with Crippen molar-refractivity contribution in [2.75, 3.05) is 19.7 Å². The SMILES string of the molecule is Cc1cccc(-c2[nH]ncc2CN(CCCO)CC(F)(F)F)c1. The number of benzene rings is 1. The van der Waals surface area contributed by atoms with E-state index in [1.54, 1.807) is 6.20 Å². The number of alkyl halides is 3. The van der Waals surface area contributed by atoms with E-state index < -0.39 is 12.7 Å². The van der Waals surface area contributed by atoms with Crippen molar-refractivity contribution in [3.8, 4) is 11.3 Å². The minimum absolute atomic E-state index is 0.124. The topological polar surface area (TPSA) is 52.2 Å². The van der Waals surface area contributed by atoms with Crippen LogP contribution in [0.25, 0.3) is 11.3 Å². The summed E-state index contributed by atoms with van der Waals surface area (Å²) in [5.41, 5.74) is 3.39. The van der Waals surface area contributed by atoms with Crippen molar-refractivity contribution in [2.24, 2.45) is 0 Å². The highest BCUT2D eigenvalue weighted by molar-refractivity contribution is 5.63. The van der Waals surface area contributed by atoms with Crippen LogP contribution in [0.1, 0.15) is 17.5 Å². The molecule has 0 radical (unpaired) electrons. The minimum atomic E-state index is -4.28. The molecule has 0 atom stereocenters. The molecule has 0 fully saturated rings. The van der Waals surface area contributed by atoms with Gasteiger partial charge in [-0.2, -0.15) is 18.3 Å². The fourth-order valence-corrected chi connectivity index (χ4v) is 2.48. The second kappa shape index (κ2) is 7.61. The molecule has 0 spiro atoms. The quantitative estimate of drug-likeness (QED) is 0.821. The summed E-state index contributed by atoms with van der Waals surface area (Å²) in [7, 11) is 0. The summed E-state index contributed by atoms with van der Waals surface area (Å²) in [4.78, 5) is 1.28. The smallest absolute Gasteiger partial charge is 0.396 e. The van der Waals surface area contributed by atoms with E-state index in [2.05, 4.69) is 10.2 Å². The monoisotopic (exact) mass is 327 g/mol. The molecule has 0 unspecified atom stereocenters. The summed E-state index contributed by atoms with van der Waals surface area (Å²) in [5.74, 6) is 0. The summed E-state index contributed by atoms with van der Waals surface area (Å²) >= 11 is 0. The molecule has 4 nitrogen and oxygen atoms in total. The summed E-state index contributed by atoms with van der Waals surface area (Å²) in [5, 5.41) is 15.7. The second-order valence-electron chi connectivity index (χ2n) is 5.54. The number of aryl methyl sites for hydroxylation is 1. The lowest BCUT2D eigenvalue weighted by Gasteiger charge is -2.23. The molecule has 1 aromatic heterocycles. The molecule has 7 heteroatoms. The minimum Gasteiger partial charge on any atom is -0.396 e. The van der Waals surface area contributed by atoms with Gasteiger partial charge in [0.2, 0.25) is 0 Å². The molecule has 0 aliphatic carbocycles. The van der Waals surface area contributed by atoms with Gasteiger partial charge in [0.05, 0.1) is 18.4 Å². The van der Waals surface area contributed by atoms with Gasteiger partial charge in [0.1, 0.15) is 0 Å². The number of aromatic amines is 1. The molecule has 126 valence electrons. The predicted octanol–water partition coefficient (Wildman–Crippen LogP) is 3.13. The Balaban J connectivity index is 2.19. The second-order valence-corrected chi connectivity index (χ2v) is 5.54. The maximum Gasteiger partial charge on any atom is 0.401 e. The number of nitrogens with zero attached hydrogens (tertiary/aromatic N) is 2. The van der Waals surface area contributed by atoms with Gasteiger partial charge in [0.15, 0.2) is 0 Å². The Hall–Kier alpha value is -1.86. The van der Waals surface area contributed by atoms with E-state index in [0.717, 1.165) is 16.8 Å². The average Bonchev–Trinajstić information content (AvgIpc) is 2.91. The summed E-state index contributed by atoms with van der Waals surface area (Å²) < 4.78 is 38.1. The highest BCUT2D eigenvalue weighted by Gasteiger charge is 2.30.